The third-order valence-electron chi connectivity index (χ3n) is 1.59. The van der Waals surface area contributed by atoms with Crippen molar-refractivity contribution in [2.24, 2.45) is 0 Å². The van der Waals surface area contributed by atoms with Gasteiger partial charge in [-0.15, -0.1) is 0 Å². The molecular weight excluding hydrogens is 200 g/mol. The lowest BCUT2D eigenvalue weighted by atomic mass is 10.4. The summed E-state index contributed by atoms with van der Waals surface area (Å²) in [6, 6.07) is 8.19. The molecule has 2 rings (SSSR count). The van der Waals surface area contributed by atoms with E-state index in [0.29, 0.717) is 0 Å². The molecule has 0 saturated carbocycles. The topological polar surface area (TPSA) is 17.1 Å². The number of allylic oxidation sites excluding steroid dienone is 1. The van der Waals surface area contributed by atoms with Crippen molar-refractivity contribution in [3.63, 3.8) is 0 Å². The maximum Gasteiger partial charge on any atom is 0.154 e. The number of fused-ring (bicyclic) bond motifs is 1. The van der Waals surface area contributed by atoms with Gasteiger partial charge >= 0.3 is 0 Å². The van der Waals surface area contributed by atoms with Crippen LogP contribution in [0.15, 0.2) is 44.4 Å². The average molecular weight is 208 g/mol. The molecule has 0 amide bonds. The van der Waals surface area contributed by atoms with Gasteiger partial charge in [0.05, 0.1) is 4.24 Å². The first kappa shape index (κ1) is 8.91. The Kier molecular flexibility index (Phi) is 2.47. The molecule has 66 valence electrons. The quantitative estimate of drug-likeness (QED) is 0.659. The van der Waals surface area contributed by atoms with Crippen LogP contribution in [0.5, 0.6) is 0 Å². The van der Waals surface area contributed by atoms with E-state index >= 15 is 0 Å². The van der Waals surface area contributed by atoms with Crippen molar-refractivity contribution < 1.29 is 4.79 Å². The Hall–Kier alpha value is -0.670. The average Bonchev–Trinajstić information content (AvgIpc) is 2.44. The minimum Gasteiger partial charge on any atom is -0.295 e. The third-order valence-corrected chi connectivity index (χ3v) is 4.01. The molecule has 0 unspecified atom stereocenters. The van der Waals surface area contributed by atoms with E-state index in [1.54, 1.807) is 36.5 Å². The van der Waals surface area contributed by atoms with E-state index in [-0.39, 0.29) is 5.78 Å². The smallest absolute Gasteiger partial charge is 0.154 e. The van der Waals surface area contributed by atoms with Crippen LogP contribution >= 0.6 is 23.5 Å². The zero-order chi connectivity index (χ0) is 9.26. The normalized spacial score (nSPS) is 14.1. The first-order chi connectivity index (χ1) is 6.25. The zero-order valence-corrected chi connectivity index (χ0v) is 8.74. The Morgan fingerprint density at radius 3 is 2.23 bits per heavy atom. The number of carbonyl (C=O) groups excluding carboxylic acids is 1. The van der Waals surface area contributed by atoms with Gasteiger partial charge in [-0.2, -0.15) is 0 Å². The van der Waals surface area contributed by atoms with Crippen LogP contribution in [0.25, 0.3) is 0 Å². The SMILES string of the molecule is CC(=O)C=C1Sc2ccccc2S1. The van der Waals surface area contributed by atoms with Gasteiger partial charge < -0.3 is 0 Å². The molecule has 1 aliphatic heterocycles. The number of benzene rings is 1. The Morgan fingerprint density at radius 1 is 1.23 bits per heavy atom. The first-order valence-electron chi connectivity index (χ1n) is 3.93. The second kappa shape index (κ2) is 3.60. The van der Waals surface area contributed by atoms with Crippen molar-refractivity contribution in [1.82, 2.24) is 0 Å². The predicted octanol–water partition coefficient (Wildman–Crippen LogP) is 3.31. The summed E-state index contributed by atoms with van der Waals surface area (Å²) in [5, 5.41) is 0. The summed E-state index contributed by atoms with van der Waals surface area (Å²) in [7, 11) is 0. The third kappa shape index (κ3) is 1.98. The predicted molar refractivity (Wildman–Crippen MR) is 56.9 cm³/mol. The fourth-order valence-corrected chi connectivity index (χ4v) is 3.55. The Balaban J connectivity index is 2.28. The van der Waals surface area contributed by atoms with E-state index in [0.717, 1.165) is 4.24 Å². The number of ketones is 1. The molecule has 1 aliphatic rings. The maximum atomic E-state index is 10.8. The lowest BCUT2D eigenvalue weighted by Gasteiger charge is -1.90. The summed E-state index contributed by atoms with van der Waals surface area (Å²) in [4.78, 5) is 13.3. The van der Waals surface area contributed by atoms with Crippen molar-refractivity contribution in [2.45, 2.75) is 16.7 Å². The molecule has 3 heteroatoms. The lowest BCUT2D eigenvalue weighted by Crippen LogP contribution is -1.79. The fraction of sp³-hybridized carbons (Fsp3) is 0.100. The molecule has 0 bridgehead atoms. The highest BCUT2D eigenvalue weighted by molar-refractivity contribution is 8.24. The molecule has 0 atom stereocenters. The maximum absolute atomic E-state index is 10.8. The highest BCUT2D eigenvalue weighted by Gasteiger charge is 2.16. The molecule has 0 aromatic heterocycles. The molecule has 0 aliphatic carbocycles. The lowest BCUT2D eigenvalue weighted by molar-refractivity contribution is -0.112. The van der Waals surface area contributed by atoms with Crippen LogP contribution in [0.3, 0.4) is 0 Å². The van der Waals surface area contributed by atoms with Gasteiger partial charge in [0.25, 0.3) is 0 Å². The highest BCUT2D eigenvalue weighted by atomic mass is 32.2. The highest BCUT2D eigenvalue weighted by Crippen LogP contribution is 2.50. The van der Waals surface area contributed by atoms with E-state index in [9.17, 15) is 4.79 Å². The van der Waals surface area contributed by atoms with E-state index in [4.69, 9.17) is 0 Å². The van der Waals surface area contributed by atoms with Crippen LogP contribution in [0.4, 0.5) is 0 Å². The fourth-order valence-electron chi connectivity index (χ4n) is 1.08. The van der Waals surface area contributed by atoms with Gasteiger partial charge in [0.15, 0.2) is 5.78 Å². The Labute approximate surface area is 85.6 Å². The standard InChI is InChI=1S/C10H8OS2/c1-7(11)6-10-12-8-4-2-3-5-9(8)13-10/h2-6H,1H3. The summed E-state index contributed by atoms with van der Waals surface area (Å²) in [6.45, 7) is 1.58. The Morgan fingerprint density at radius 2 is 1.77 bits per heavy atom. The number of rotatable bonds is 1. The van der Waals surface area contributed by atoms with Crippen LogP contribution in [0, 0.1) is 0 Å². The van der Waals surface area contributed by atoms with Gasteiger partial charge in [-0.3, -0.25) is 4.79 Å². The van der Waals surface area contributed by atoms with E-state index in [2.05, 4.69) is 12.1 Å². The molecule has 1 aromatic carbocycles. The minimum atomic E-state index is 0.114. The van der Waals surface area contributed by atoms with Crippen LogP contribution in [0.1, 0.15) is 6.92 Å². The van der Waals surface area contributed by atoms with Crippen LogP contribution in [-0.2, 0) is 4.79 Å². The van der Waals surface area contributed by atoms with Gasteiger partial charge in [-0.05, 0) is 19.1 Å². The number of hydrogen-bond acceptors (Lipinski definition) is 3. The Bertz CT molecular complexity index is 355. The summed E-state index contributed by atoms with van der Waals surface area (Å²) in [5.74, 6) is 0.114. The summed E-state index contributed by atoms with van der Waals surface area (Å²) in [6.07, 6.45) is 1.69. The molecule has 13 heavy (non-hydrogen) atoms. The second-order valence-corrected chi connectivity index (χ2v) is 5.15. The summed E-state index contributed by atoms with van der Waals surface area (Å²) < 4.78 is 1.08. The monoisotopic (exact) mass is 208 g/mol. The summed E-state index contributed by atoms with van der Waals surface area (Å²) >= 11 is 3.34. The number of thioether (sulfide) groups is 2. The molecule has 1 aromatic rings. The van der Waals surface area contributed by atoms with E-state index in [1.807, 2.05) is 12.1 Å². The number of carbonyl (C=O) groups is 1. The number of hydrogen-bond donors (Lipinski definition) is 0. The molecular formula is C10H8OS2. The molecule has 1 heterocycles. The summed E-state index contributed by atoms with van der Waals surface area (Å²) in [5.41, 5.74) is 0. The van der Waals surface area contributed by atoms with Gasteiger partial charge in [-0.25, -0.2) is 0 Å². The second-order valence-electron chi connectivity index (χ2n) is 2.72. The zero-order valence-electron chi connectivity index (χ0n) is 7.11. The molecule has 1 nitrogen and oxygen atoms in total. The van der Waals surface area contributed by atoms with Crippen molar-refractivity contribution in [3.05, 3.63) is 34.6 Å². The van der Waals surface area contributed by atoms with Gasteiger partial charge in [0.1, 0.15) is 0 Å². The van der Waals surface area contributed by atoms with Gasteiger partial charge in [0, 0.05) is 15.9 Å². The van der Waals surface area contributed by atoms with Crippen LogP contribution < -0.4 is 0 Å². The van der Waals surface area contributed by atoms with Gasteiger partial charge in [-0.1, -0.05) is 35.7 Å². The molecule has 0 N–H and O–H groups in total. The van der Waals surface area contributed by atoms with Crippen molar-refractivity contribution in [2.75, 3.05) is 0 Å². The van der Waals surface area contributed by atoms with E-state index < -0.39 is 0 Å². The van der Waals surface area contributed by atoms with Crippen LogP contribution in [0.2, 0.25) is 0 Å². The van der Waals surface area contributed by atoms with Crippen molar-refractivity contribution >= 4 is 29.3 Å². The first-order valence-corrected chi connectivity index (χ1v) is 5.56. The largest absolute Gasteiger partial charge is 0.295 e. The molecule has 0 fully saturated rings. The molecule has 0 spiro atoms. The molecule has 0 radical (unpaired) electrons. The molecule has 0 saturated heterocycles. The van der Waals surface area contributed by atoms with Crippen LogP contribution in [-0.4, -0.2) is 5.78 Å². The van der Waals surface area contributed by atoms with Crippen molar-refractivity contribution in [1.29, 1.82) is 0 Å². The van der Waals surface area contributed by atoms with Gasteiger partial charge in [0.2, 0.25) is 0 Å². The minimum absolute atomic E-state index is 0.114. The van der Waals surface area contributed by atoms with Crippen molar-refractivity contribution in [3.8, 4) is 0 Å². The van der Waals surface area contributed by atoms with E-state index in [1.165, 1.54) is 9.79 Å².